The van der Waals surface area contributed by atoms with Crippen molar-refractivity contribution in [3.05, 3.63) is 0 Å². The second-order valence-corrected chi connectivity index (χ2v) is 5.88. The van der Waals surface area contributed by atoms with Crippen LogP contribution in [-0.2, 0) is 19.1 Å². The molecule has 0 aliphatic carbocycles. The fraction of sp³-hybridized carbons (Fsp3) is 0.750. The average Bonchev–Trinajstić information content (AvgIpc) is 2.53. The number of carbonyl (C=O) groups excluding carboxylic acids is 2. The van der Waals surface area contributed by atoms with Gasteiger partial charge >= 0.3 is 18.0 Å². The summed E-state index contributed by atoms with van der Waals surface area (Å²) in [7, 11) is 1.26. The zero-order valence-electron chi connectivity index (χ0n) is 11.7. The predicted molar refractivity (Wildman–Crippen MR) is 74.2 cm³/mol. The summed E-state index contributed by atoms with van der Waals surface area (Å²) in [5.41, 5.74) is 0. The number of ether oxygens (including phenoxy) is 2. The van der Waals surface area contributed by atoms with Crippen LogP contribution in [0.3, 0.4) is 0 Å². The van der Waals surface area contributed by atoms with Crippen LogP contribution in [0.2, 0.25) is 0 Å². The highest BCUT2D eigenvalue weighted by Crippen LogP contribution is 2.19. The summed E-state index contributed by atoms with van der Waals surface area (Å²) >= 11 is 1.52. The van der Waals surface area contributed by atoms with E-state index in [0.717, 1.165) is 0 Å². The highest BCUT2D eigenvalue weighted by molar-refractivity contribution is 7.99. The average molecular weight is 318 g/mol. The topological polar surface area (TPSA) is 96.4 Å². The van der Waals surface area contributed by atoms with Gasteiger partial charge in [-0.05, 0) is 0 Å². The first-order valence-electron chi connectivity index (χ1n) is 6.60. The van der Waals surface area contributed by atoms with Crippen LogP contribution in [0.5, 0.6) is 0 Å². The molecule has 0 saturated carbocycles. The lowest BCUT2D eigenvalue weighted by molar-refractivity contribution is -0.158. The summed E-state index contributed by atoms with van der Waals surface area (Å²) in [6.07, 6.45) is -0.810. The second kappa shape index (κ2) is 6.99. The third-order valence-corrected chi connectivity index (χ3v) is 4.48. The third kappa shape index (κ3) is 3.59. The number of carbonyl (C=O) groups is 3. The number of hydrogen-bond acceptors (Lipinski definition) is 6. The Morgan fingerprint density at radius 1 is 1.33 bits per heavy atom. The number of amides is 2. The molecule has 2 rings (SSSR count). The van der Waals surface area contributed by atoms with E-state index in [1.807, 2.05) is 0 Å². The molecule has 118 valence electrons. The molecule has 21 heavy (non-hydrogen) atoms. The molecule has 2 aliphatic heterocycles. The Morgan fingerprint density at radius 2 is 2.10 bits per heavy atom. The highest BCUT2D eigenvalue weighted by Gasteiger charge is 2.37. The van der Waals surface area contributed by atoms with E-state index in [2.05, 4.69) is 4.74 Å². The lowest BCUT2D eigenvalue weighted by Crippen LogP contribution is -2.58. The highest BCUT2D eigenvalue weighted by atomic mass is 32.2. The Morgan fingerprint density at radius 3 is 2.76 bits per heavy atom. The standard InChI is InChI=1S/C12H18N2O6S/c1-19-11(17)9-6-13(2-4-20-9)12(18)14-3-5-21-7-8(14)10(15)16/h8-9H,2-7H2,1H3,(H,15,16). The molecule has 0 spiro atoms. The van der Waals surface area contributed by atoms with Crippen LogP contribution >= 0.6 is 11.8 Å². The summed E-state index contributed by atoms with van der Waals surface area (Å²) in [5.74, 6) is -0.448. The fourth-order valence-electron chi connectivity index (χ4n) is 2.32. The first-order chi connectivity index (χ1) is 10.0. The van der Waals surface area contributed by atoms with E-state index in [4.69, 9.17) is 4.74 Å². The van der Waals surface area contributed by atoms with Crippen LogP contribution in [0, 0.1) is 0 Å². The molecule has 0 aromatic rings. The molecule has 2 aliphatic rings. The maximum Gasteiger partial charge on any atom is 0.336 e. The number of morpholine rings is 1. The molecule has 1 N–H and O–H groups in total. The largest absolute Gasteiger partial charge is 0.480 e. The van der Waals surface area contributed by atoms with Crippen LogP contribution in [0.4, 0.5) is 4.79 Å². The van der Waals surface area contributed by atoms with Crippen LogP contribution in [0.25, 0.3) is 0 Å². The van der Waals surface area contributed by atoms with E-state index in [-0.39, 0.29) is 19.2 Å². The Hall–Kier alpha value is -1.48. The van der Waals surface area contributed by atoms with Crippen molar-refractivity contribution in [3.63, 3.8) is 0 Å². The molecular weight excluding hydrogens is 300 g/mol. The van der Waals surface area contributed by atoms with Crippen molar-refractivity contribution in [1.29, 1.82) is 0 Å². The van der Waals surface area contributed by atoms with Gasteiger partial charge < -0.3 is 24.4 Å². The van der Waals surface area contributed by atoms with Crippen molar-refractivity contribution in [2.45, 2.75) is 12.1 Å². The first-order valence-corrected chi connectivity index (χ1v) is 7.75. The van der Waals surface area contributed by atoms with Gasteiger partial charge in [0.05, 0.1) is 20.3 Å². The van der Waals surface area contributed by atoms with E-state index in [9.17, 15) is 19.5 Å². The number of aliphatic carboxylic acids is 1. The predicted octanol–water partition coefficient (Wildman–Crippen LogP) is -0.518. The number of nitrogens with zero attached hydrogens (tertiary/aromatic N) is 2. The van der Waals surface area contributed by atoms with Gasteiger partial charge in [0.2, 0.25) is 0 Å². The number of carboxylic acids is 1. The number of rotatable bonds is 2. The molecule has 2 saturated heterocycles. The van der Waals surface area contributed by atoms with Gasteiger partial charge in [-0.2, -0.15) is 11.8 Å². The van der Waals surface area contributed by atoms with Crippen molar-refractivity contribution < 1.29 is 29.0 Å². The van der Waals surface area contributed by atoms with Crippen molar-refractivity contribution in [3.8, 4) is 0 Å². The Bertz CT molecular complexity index is 432. The molecular formula is C12H18N2O6S. The van der Waals surface area contributed by atoms with E-state index < -0.39 is 24.1 Å². The smallest absolute Gasteiger partial charge is 0.336 e. The van der Waals surface area contributed by atoms with Gasteiger partial charge in [-0.25, -0.2) is 14.4 Å². The van der Waals surface area contributed by atoms with Gasteiger partial charge in [0.15, 0.2) is 6.10 Å². The molecule has 0 bridgehead atoms. The van der Waals surface area contributed by atoms with Crippen LogP contribution < -0.4 is 0 Å². The van der Waals surface area contributed by atoms with E-state index in [1.165, 1.54) is 28.7 Å². The zero-order valence-corrected chi connectivity index (χ0v) is 12.5. The lowest BCUT2D eigenvalue weighted by Gasteiger charge is -2.39. The fourth-order valence-corrected chi connectivity index (χ4v) is 3.35. The summed E-state index contributed by atoms with van der Waals surface area (Å²) in [6, 6.07) is -1.18. The minimum absolute atomic E-state index is 0.0848. The number of carboxylic acid groups (broad SMARTS) is 1. The van der Waals surface area contributed by atoms with Gasteiger partial charge in [-0.15, -0.1) is 0 Å². The van der Waals surface area contributed by atoms with Gasteiger partial charge in [0.1, 0.15) is 6.04 Å². The van der Waals surface area contributed by atoms with Gasteiger partial charge in [-0.1, -0.05) is 0 Å². The van der Waals surface area contributed by atoms with Crippen molar-refractivity contribution in [1.82, 2.24) is 9.80 Å². The number of urea groups is 1. The molecule has 2 amide bonds. The normalized spacial score (nSPS) is 26.3. The van der Waals surface area contributed by atoms with Crippen molar-refractivity contribution >= 4 is 29.7 Å². The summed E-state index contributed by atoms with van der Waals surface area (Å²) < 4.78 is 9.87. The first kappa shape index (κ1) is 15.9. The minimum atomic E-state index is -1.01. The monoisotopic (exact) mass is 318 g/mol. The molecule has 2 atom stereocenters. The molecule has 8 nitrogen and oxygen atoms in total. The van der Waals surface area contributed by atoms with Gasteiger partial charge in [0.25, 0.3) is 0 Å². The van der Waals surface area contributed by atoms with E-state index >= 15 is 0 Å². The Labute approximate surface area is 126 Å². The Kier molecular flexibility index (Phi) is 5.29. The Balaban J connectivity index is 2.04. The molecule has 2 unspecified atom stereocenters. The van der Waals surface area contributed by atoms with Crippen molar-refractivity contribution in [2.75, 3.05) is 44.9 Å². The van der Waals surface area contributed by atoms with E-state index in [1.54, 1.807) is 0 Å². The molecule has 9 heteroatoms. The molecule has 0 radical (unpaired) electrons. The number of hydrogen-bond donors (Lipinski definition) is 1. The molecule has 2 fully saturated rings. The number of methoxy groups -OCH3 is 1. The number of esters is 1. The molecule has 0 aromatic carbocycles. The molecule has 2 heterocycles. The van der Waals surface area contributed by atoms with Crippen molar-refractivity contribution in [2.24, 2.45) is 0 Å². The van der Waals surface area contributed by atoms with E-state index in [0.29, 0.717) is 24.6 Å². The summed E-state index contributed by atoms with van der Waals surface area (Å²) in [5, 5.41) is 9.21. The van der Waals surface area contributed by atoms with Gasteiger partial charge in [0, 0.05) is 24.6 Å². The second-order valence-electron chi connectivity index (χ2n) is 4.73. The summed E-state index contributed by atoms with van der Waals surface area (Å²) in [6.45, 7) is 1.04. The SMILES string of the molecule is COC(=O)C1CN(C(=O)N2CCSCC2C(=O)O)CCO1. The number of thioether (sulfide) groups is 1. The zero-order chi connectivity index (χ0) is 15.4. The molecule has 0 aromatic heterocycles. The van der Waals surface area contributed by atoms with Crippen LogP contribution in [-0.4, -0.2) is 89.9 Å². The van der Waals surface area contributed by atoms with Crippen LogP contribution in [0.1, 0.15) is 0 Å². The van der Waals surface area contributed by atoms with Gasteiger partial charge in [-0.3, -0.25) is 0 Å². The lowest BCUT2D eigenvalue weighted by atomic mass is 10.2. The quantitative estimate of drug-likeness (QED) is 0.684. The maximum atomic E-state index is 12.5. The third-order valence-electron chi connectivity index (χ3n) is 3.46. The minimum Gasteiger partial charge on any atom is -0.480 e. The summed E-state index contributed by atoms with van der Waals surface area (Å²) in [4.78, 5) is 38.0. The maximum absolute atomic E-state index is 12.5. The van der Waals surface area contributed by atoms with Crippen LogP contribution in [0.15, 0.2) is 0 Å².